The highest BCUT2D eigenvalue weighted by Crippen LogP contribution is 2.70. The molecule has 6 aliphatic rings. The van der Waals surface area contributed by atoms with E-state index < -0.39 is 0 Å². The van der Waals surface area contributed by atoms with Gasteiger partial charge in [-0.05, 0) is 124 Å². The molecule has 0 aromatic carbocycles. The van der Waals surface area contributed by atoms with Crippen LogP contribution in [-0.2, 0) is 14.3 Å². The fraction of sp³-hybridized carbons (Fsp3) is 0.967. The summed E-state index contributed by atoms with van der Waals surface area (Å²) in [6.07, 6.45) is 12.3. The largest absolute Gasteiger partial charge is 0.459 e. The average Bonchev–Trinajstić information content (AvgIpc) is 2.96. The highest BCUT2D eigenvalue weighted by atomic mass is 16.6. The van der Waals surface area contributed by atoms with E-state index in [1.807, 2.05) is 0 Å². The van der Waals surface area contributed by atoms with Crippen LogP contribution in [0.15, 0.2) is 0 Å². The molecule has 4 aliphatic carbocycles. The molecule has 0 spiro atoms. The number of carbonyl (C=O) groups excluding carboxylic acids is 1. The van der Waals surface area contributed by atoms with Crippen molar-refractivity contribution in [1.82, 2.24) is 0 Å². The Bertz CT molecular complexity index is 861. The van der Waals surface area contributed by atoms with E-state index in [9.17, 15) is 4.79 Å². The highest BCUT2D eigenvalue weighted by molar-refractivity contribution is 5.78. The first-order valence-corrected chi connectivity index (χ1v) is 14.1. The minimum atomic E-state index is -0.333. The Morgan fingerprint density at radius 1 is 0.697 bits per heavy atom. The van der Waals surface area contributed by atoms with Gasteiger partial charge in [0, 0.05) is 0 Å². The Labute approximate surface area is 202 Å². The van der Waals surface area contributed by atoms with Crippen LogP contribution in [-0.4, -0.2) is 23.3 Å². The first kappa shape index (κ1) is 22.9. The fourth-order valence-corrected chi connectivity index (χ4v) is 10.5. The zero-order valence-corrected chi connectivity index (χ0v) is 22.4. The lowest BCUT2D eigenvalue weighted by Crippen LogP contribution is -2.60. The van der Waals surface area contributed by atoms with Crippen molar-refractivity contribution in [3.05, 3.63) is 0 Å². The van der Waals surface area contributed by atoms with E-state index in [1.165, 1.54) is 32.1 Å². The molecule has 2 aliphatic heterocycles. The number of carbonyl (C=O) groups is 1. The number of fused-ring (bicyclic) bond motifs is 8. The van der Waals surface area contributed by atoms with Crippen LogP contribution in [0.1, 0.15) is 119 Å². The van der Waals surface area contributed by atoms with Crippen LogP contribution in [0, 0.1) is 45.3 Å². The summed E-state index contributed by atoms with van der Waals surface area (Å²) in [6, 6.07) is 0. The lowest BCUT2D eigenvalue weighted by molar-refractivity contribution is -0.260. The van der Waals surface area contributed by atoms with Crippen LogP contribution in [0.5, 0.6) is 0 Å². The fourth-order valence-electron chi connectivity index (χ4n) is 10.5. The molecule has 6 fully saturated rings. The quantitative estimate of drug-likeness (QED) is 0.408. The van der Waals surface area contributed by atoms with Gasteiger partial charge in [0.2, 0.25) is 0 Å². The summed E-state index contributed by atoms with van der Waals surface area (Å²) in [5, 5.41) is 0. The third-order valence-electron chi connectivity index (χ3n) is 12.7. The molecule has 6 rings (SSSR count). The Morgan fingerprint density at radius 2 is 1.30 bits per heavy atom. The second kappa shape index (κ2) is 6.60. The molecule has 0 amide bonds. The molecule has 33 heavy (non-hydrogen) atoms. The standard InChI is InChI=1S/C30H48O3/c1-25(2)16-21-19(25)9-13-30(15-14-27(21,5)18-30)24(31)32-23-10-12-28(6)22-17-26(3,4)20(22)8-11-29(23,7)33-28/h19-23H,8-18H2,1-7H3. The molecule has 2 saturated heterocycles. The van der Waals surface area contributed by atoms with Crippen LogP contribution in [0.4, 0.5) is 0 Å². The lowest BCUT2D eigenvalue weighted by Gasteiger charge is -2.59. The Hall–Kier alpha value is -0.570. The molecule has 0 aromatic heterocycles. The first-order valence-electron chi connectivity index (χ1n) is 14.1. The van der Waals surface area contributed by atoms with E-state index in [-0.39, 0.29) is 28.7 Å². The van der Waals surface area contributed by atoms with E-state index >= 15 is 0 Å². The normalized spacial score (nSPS) is 55.7. The Kier molecular flexibility index (Phi) is 4.57. The topological polar surface area (TPSA) is 35.5 Å². The van der Waals surface area contributed by atoms with Crippen molar-refractivity contribution in [2.24, 2.45) is 45.3 Å². The zero-order valence-electron chi connectivity index (χ0n) is 22.4. The average molecular weight is 457 g/mol. The summed E-state index contributed by atoms with van der Waals surface area (Å²) in [5.41, 5.74) is 0.578. The van der Waals surface area contributed by atoms with Gasteiger partial charge in [0.1, 0.15) is 11.7 Å². The number of esters is 1. The minimum Gasteiger partial charge on any atom is -0.459 e. The highest BCUT2D eigenvalue weighted by Gasteiger charge is 2.65. The predicted molar refractivity (Wildman–Crippen MR) is 131 cm³/mol. The maximum Gasteiger partial charge on any atom is 0.312 e. The molecule has 0 radical (unpaired) electrons. The van der Waals surface area contributed by atoms with Gasteiger partial charge in [-0.25, -0.2) is 0 Å². The van der Waals surface area contributed by atoms with Gasteiger partial charge in [-0.1, -0.05) is 34.6 Å². The number of hydrogen-bond donors (Lipinski definition) is 0. The van der Waals surface area contributed by atoms with Gasteiger partial charge in [-0.2, -0.15) is 0 Å². The number of hydrogen-bond acceptors (Lipinski definition) is 3. The van der Waals surface area contributed by atoms with Crippen molar-refractivity contribution < 1.29 is 14.3 Å². The molecule has 9 unspecified atom stereocenters. The summed E-state index contributed by atoms with van der Waals surface area (Å²) in [4.78, 5) is 14.0. The van der Waals surface area contributed by atoms with Crippen LogP contribution < -0.4 is 0 Å². The molecular formula is C30H48O3. The van der Waals surface area contributed by atoms with Crippen LogP contribution in [0.25, 0.3) is 0 Å². The van der Waals surface area contributed by atoms with Crippen molar-refractivity contribution >= 4 is 5.97 Å². The van der Waals surface area contributed by atoms with E-state index in [2.05, 4.69) is 48.5 Å². The molecule has 4 bridgehead atoms. The van der Waals surface area contributed by atoms with Crippen LogP contribution in [0.2, 0.25) is 0 Å². The van der Waals surface area contributed by atoms with E-state index in [0.717, 1.165) is 56.3 Å². The molecule has 4 saturated carbocycles. The molecule has 3 nitrogen and oxygen atoms in total. The van der Waals surface area contributed by atoms with Crippen molar-refractivity contribution in [1.29, 1.82) is 0 Å². The third kappa shape index (κ3) is 3.05. The van der Waals surface area contributed by atoms with Gasteiger partial charge in [0.25, 0.3) is 0 Å². The second-order valence-corrected chi connectivity index (χ2v) is 15.7. The summed E-state index contributed by atoms with van der Waals surface area (Å²) < 4.78 is 13.5. The van der Waals surface area contributed by atoms with Gasteiger partial charge >= 0.3 is 5.97 Å². The van der Waals surface area contributed by atoms with E-state index in [4.69, 9.17) is 9.47 Å². The third-order valence-corrected chi connectivity index (χ3v) is 12.7. The Morgan fingerprint density at radius 3 is 2.00 bits per heavy atom. The zero-order chi connectivity index (χ0) is 23.7. The van der Waals surface area contributed by atoms with Gasteiger partial charge < -0.3 is 9.47 Å². The van der Waals surface area contributed by atoms with Gasteiger partial charge in [0.05, 0.1) is 11.0 Å². The van der Waals surface area contributed by atoms with Gasteiger partial charge in [-0.15, -0.1) is 0 Å². The summed E-state index contributed by atoms with van der Waals surface area (Å²) >= 11 is 0. The Balaban J connectivity index is 1.21. The summed E-state index contributed by atoms with van der Waals surface area (Å²) in [7, 11) is 0. The van der Waals surface area contributed by atoms with Crippen molar-refractivity contribution in [2.75, 3.05) is 0 Å². The van der Waals surface area contributed by atoms with Crippen molar-refractivity contribution in [3.8, 4) is 0 Å². The van der Waals surface area contributed by atoms with E-state index in [1.54, 1.807) is 0 Å². The molecule has 0 N–H and O–H groups in total. The predicted octanol–water partition coefficient (Wildman–Crippen LogP) is 7.31. The van der Waals surface area contributed by atoms with Crippen LogP contribution in [0.3, 0.4) is 0 Å². The monoisotopic (exact) mass is 456 g/mol. The van der Waals surface area contributed by atoms with Crippen LogP contribution >= 0.6 is 0 Å². The molecule has 2 heterocycles. The SMILES string of the molecule is CC1(C)CC2C1CCC1(C(=O)OC3CCC4(C)OC3(C)CCC3C4CC3(C)C)CCC2(C)C1. The van der Waals surface area contributed by atoms with Crippen molar-refractivity contribution in [3.63, 3.8) is 0 Å². The molecule has 9 atom stereocenters. The minimum absolute atomic E-state index is 0.0499. The van der Waals surface area contributed by atoms with Gasteiger partial charge in [0.15, 0.2) is 0 Å². The molecule has 0 aromatic rings. The lowest BCUT2D eigenvalue weighted by atomic mass is 9.47. The maximum absolute atomic E-state index is 14.0. The molecule has 186 valence electrons. The second-order valence-electron chi connectivity index (χ2n) is 15.7. The first-order chi connectivity index (χ1) is 15.2. The summed E-state index contributed by atoms with van der Waals surface area (Å²) in [5.74, 6) is 3.13. The molecule has 3 heteroatoms. The van der Waals surface area contributed by atoms with Gasteiger partial charge in [-0.3, -0.25) is 4.79 Å². The van der Waals surface area contributed by atoms with Crippen molar-refractivity contribution in [2.45, 2.75) is 136 Å². The summed E-state index contributed by atoms with van der Waals surface area (Å²) in [6.45, 7) is 16.8. The number of rotatable bonds is 2. The number of ether oxygens (including phenoxy) is 2. The maximum atomic E-state index is 14.0. The molecular weight excluding hydrogens is 408 g/mol. The van der Waals surface area contributed by atoms with E-state index in [0.29, 0.717) is 22.2 Å². The smallest absolute Gasteiger partial charge is 0.312 e.